The molecule has 1 fully saturated rings. The molecule has 0 aliphatic carbocycles. The van der Waals surface area contributed by atoms with Gasteiger partial charge in [-0.1, -0.05) is 11.6 Å². The van der Waals surface area contributed by atoms with E-state index in [0.29, 0.717) is 23.9 Å². The van der Waals surface area contributed by atoms with Crippen LogP contribution >= 0.6 is 22.7 Å². The molecular weight excluding hydrogens is 468 g/mol. The zero-order chi connectivity index (χ0) is 22.2. The number of nitrogens with two attached hydrogens (primary N) is 1. The van der Waals surface area contributed by atoms with Gasteiger partial charge in [0.05, 0.1) is 22.9 Å². The first-order valence-electron chi connectivity index (χ1n) is 9.21. The minimum absolute atomic E-state index is 0.0279. The summed E-state index contributed by atoms with van der Waals surface area (Å²) < 4.78 is 52.0. The average Bonchev–Trinajstić information content (AvgIpc) is 3.44. The van der Waals surface area contributed by atoms with Crippen molar-refractivity contribution in [1.29, 1.82) is 0 Å². The number of nitrogens with one attached hydrogen (secondary N) is 2. The predicted molar refractivity (Wildman–Crippen MR) is 116 cm³/mol. The van der Waals surface area contributed by atoms with Gasteiger partial charge in [-0.25, -0.2) is 8.42 Å². The minimum atomic E-state index is -3.98. The molecule has 2 aromatic heterocycles. The molecule has 1 unspecified atom stereocenters. The van der Waals surface area contributed by atoms with Crippen molar-refractivity contribution in [3.05, 3.63) is 35.2 Å². The van der Waals surface area contributed by atoms with Crippen LogP contribution in [0, 0.1) is 0 Å². The highest BCUT2D eigenvalue weighted by Crippen LogP contribution is 2.40. The maximum atomic E-state index is 13.0. The zero-order valence-corrected chi connectivity index (χ0v) is 18.4. The molecule has 4 rings (SSSR count). The molecule has 1 aliphatic heterocycles. The van der Waals surface area contributed by atoms with E-state index in [1.807, 2.05) is 0 Å². The molecule has 0 amide bonds. The number of nitrogen functional groups attached to an aromatic ring is 1. The van der Waals surface area contributed by atoms with E-state index in [0.717, 1.165) is 12.8 Å². The number of halogens is 1. The van der Waals surface area contributed by atoms with Gasteiger partial charge in [0, 0.05) is 27.9 Å². The Hall–Kier alpha value is -2.58. The lowest BCUT2D eigenvalue weighted by molar-refractivity contribution is 0.446. The van der Waals surface area contributed by atoms with Gasteiger partial charge in [-0.05, 0) is 25.0 Å². The molecule has 1 saturated heterocycles. The molecule has 1 aromatic carbocycles. The van der Waals surface area contributed by atoms with Gasteiger partial charge >= 0.3 is 0 Å². The topological polar surface area (TPSA) is 170 Å². The van der Waals surface area contributed by atoms with Crippen molar-refractivity contribution in [1.82, 2.24) is 13.1 Å². The number of anilines is 4. The first-order valence-corrected chi connectivity index (χ1v) is 12.1. The number of aromatic nitrogens is 2. The van der Waals surface area contributed by atoms with Gasteiger partial charge in [0.25, 0.3) is 0 Å². The fourth-order valence-corrected chi connectivity index (χ4v) is 5.74. The van der Waals surface area contributed by atoms with E-state index >= 15 is 0 Å². The van der Waals surface area contributed by atoms with Gasteiger partial charge in [-0.3, -0.25) is 0 Å². The van der Waals surface area contributed by atoms with Crippen LogP contribution in [0.1, 0.15) is 18.6 Å². The molecule has 0 spiro atoms. The summed E-state index contributed by atoms with van der Waals surface area (Å²) in [5.74, 6) is 0.162. The van der Waals surface area contributed by atoms with Crippen molar-refractivity contribution >= 4 is 55.8 Å². The van der Waals surface area contributed by atoms with E-state index < -0.39 is 26.9 Å². The molecule has 5 N–H and O–H groups in total. The van der Waals surface area contributed by atoms with Crippen LogP contribution in [-0.2, 0) is 16.6 Å². The van der Waals surface area contributed by atoms with E-state index in [9.17, 15) is 18.1 Å². The normalized spacial score (nSPS) is 15.4. The number of benzene rings is 1. The molecule has 11 nitrogen and oxygen atoms in total. The third-order valence-electron chi connectivity index (χ3n) is 4.69. The number of nitrogens with zero attached hydrogens (tertiary/aromatic N) is 3. The Morgan fingerprint density at radius 2 is 2.00 bits per heavy atom. The highest BCUT2D eigenvalue weighted by molar-refractivity contribution is 7.89. The molecule has 1 atom stereocenters. The van der Waals surface area contributed by atoms with Crippen LogP contribution in [0.25, 0.3) is 0 Å². The van der Waals surface area contributed by atoms with Crippen LogP contribution in [0.4, 0.5) is 23.0 Å². The lowest BCUT2D eigenvalue weighted by atomic mass is 10.2. The number of rotatable bonds is 7. The van der Waals surface area contributed by atoms with Gasteiger partial charge in [-0.15, -0.1) is 0 Å². The van der Waals surface area contributed by atoms with Gasteiger partial charge in [-0.2, -0.15) is 4.31 Å². The minimum Gasteiger partial charge on any atom is -0.546 e. The van der Waals surface area contributed by atoms with Crippen LogP contribution in [-0.4, -0.2) is 44.2 Å². The second kappa shape index (κ2) is 8.51. The lowest BCUT2D eigenvalue weighted by Crippen LogP contribution is -2.28. The Morgan fingerprint density at radius 1 is 1.29 bits per heavy atom. The standard InChI is InChI=1S/C17H19ClN6O5S2/c18-10-7-11(29-9-10)8-20-16-17(23-30(26)22-16)21-13-4-3-12(19)15(14(13)25)31(27,28)24-5-1-2-6-24/h3-4,7,9,25H,1-2,5-6,8,19H2,(H,20,22)(H,21,23). The fourth-order valence-electron chi connectivity index (χ4n) is 3.22. The van der Waals surface area contributed by atoms with Crippen LogP contribution in [0.2, 0.25) is 5.02 Å². The molecular formula is C17H19ClN6O5S2. The van der Waals surface area contributed by atoms with E-state index in [-0.39, 0.29) is 34.5 Å². The summed E-state index contributed by atoms with van der Waals surface area (Å²) in [6.45, 7) is 0.913. The predicted octanol–water partition coefficient (Wildman–Crippen LogP) is 2.88. The van der Waals surface area contributed by atoms with Crippen molar-refractivity contribution in [2.75, 3.05) is 29.5 Å². The van der Waals surface area contributed by atoms with Crippen molar-refractivity contribution in [3.8, 4) is 5.75 Å². The van der Waals surface area contributed by atoms with Gasteiger partial charge in [0.15, 0.2) is 16.9 Å². The molecule has 31 heavy (non-hydrogen) atoms. The van der Waals surface area contributed by atoms with Crippen LogP contribution in [0.15, 0.2) is 33.8 Å². The lowest BCUT2D eigenvalue weighted by Gasteiger charge is -2.19. The van der Waals surface area contributed by atoms with E-state index in [4.69, 9.17) is 21.8 Å². The van der Waals surface area contributed by atoms with Gasteiger partial charge in [0.2, 0.25) is 21.7 Å². The molecule has 0 radical (unpaired) electrons. The molecule has 0 saturated carbocycles. The number of hydrogen-bond donors (Lipinski definition) is 4. The summed E-state index contributed by atoms with van der Waals surface area (Å²) in [6.07, 6.45) is 2.86. The summed E-state index contributed by atoms with van der Waals surface area (Å²) in [5, 5.41) is 16.8. The Bertz CT molecular complexity index is 1210. The number of aromatic hydroxyl groups is 1. The number of phenolic OH excluding ortho intramolecular Hbond substituents is 1. The van der Waals surface area contributed by atoms with Crippen molar-refractivity contribution in [2.45, 2.75) is 24.3 Å². The highest BCUT2D eigenvalue weighted by Gasteiger charge is 2.33. The number of sulfonamides is 1. The van der Waals surface area contributed by atoms with Crippen LogP contribution < -0.4 is 16.4 Å². The smallest absolute Gasteiger partial charge is 0.248 e. The van der Waals surface area contributed by atoms with E-state index in [2.05, 4.69) is 19.4 Å². The summed E-state index contributed by atoms with van der Waals surface area (Å²) in [5.41, 5.74) is 5.84. The summed E-state index contributed by atoms with van der Waals surface area (Å²) >= 11 is 3.93. The highest BCUT2D eigenvalue weighted by atomic mass is 35.5. The molecule has 3 aromatic rings. The van der Waals surface area contributed by atoms with Gasteiger partial charge in [0.1, 0.15) is 16.9 Å². The summed E-state index contributed by atoms with van der Waals surface area (Å²) in [6, 6.07) is 4.38. The quantitative estimate of drug-likeness (QED) is 0.221. The largest absolute Gasteiger partial charge is 0.546 e. The van der Waals surface area contributed by atoms with Gasteiger partial charge < -0.3 is 30.4 Å². The molecule has 0 bridgehead atoms. The second-order valence-electron chi connectivity index (χ2n) is 6.81. The first kappa shape index (κ1) is 21.6. The summed E-state index contributed by atoms with van der Waals surface area (Å²) in [4.78, 5) is -0.379. The Balaban J connectivity index is 1.61. The van der Waals surface area contributed by atoms with Crippen molar-refractivity contribution in [2.24, 2.45) is 0 Å². The Labute approximate surface area is 186 Å². The fraction of sp³-hybridized carbons (Fsp3) is 0.294. The van der Waals surface area contributed by atoms with Crippen molar-refractivity contribution in [3.63, 3.8) is 0 Å². The number of furan rings is 1. The third kappa shape index (κ3) is 4.41. The third-order valence-corrected chi connectivity index (χ3v) is 7.56. The number of phenols is 1. The average molecular weight is 487 g/mol. The molecule has 166 valence electrons. The first-order chi connectivity index (χ1) is 14.8. The van der Waals surface area contributed by atoms with Crippen molar-refractivity contribution < 1.29 is 22.5 Å². The van der Waals surface area contributed by atoms with Crippen LogP contribution in [0.3, 0.4) is 0 Å². The SMILES string of the molecule is Nc1ccc(Nc2n[s+]([O-])nc2NCc2cc(Cl)co2)c(O)c1S(=O)(=O)N1CCCC1. The zero-order valence-electron chi connectivity index (χ0n) is 16.0. The van der Waals surface area contributed by atoms with E-state index in [1.54, 1.807) is 6.07 Å². The summed E-state index contributed by atoms with van der Waals surface area (Å²) in [7, 11) is -3.98. The molecule has 1 aliphatic rings. The monoisotopic (exact) mass is 486 g/mol. The maximum absolute atomic E-state index is 13.0. The number of hydrogen-bond acceptors (Lipinski definition) is 10. The molecule has 3 heterocycles. The van der Waals surface area contributed by atoms with E-state index in [1.165, 1.54) is 22.7 Å². The Kier molecular flexibility index (Phi) is 5.94. The molecule has 14 heteroatoms. The van der Waals surface area contributed by atoms with Crippen LogP contribution in [0.5, 0.6) is 5.75 Å². The second-order valence-corrected chi connectivity index (χ2v) is 9.95. The Morgan fingerprint density at radius 3 is 2.68 bits per heavy atom. The maximum Gasteiger partial charge on any atom is 0.248 e.